The Balaban J connectivity index is 1.39. The molecular formula is C17H27NOS. The summed E-state index contributed by atoms with van der Waals surface area (Å²) >= 11 is 1.90. The van der Waals surface area contributed by atoms with E-state index in [-0.39, 0.29) is 0 Å². The first-order chi connectivity index (χ1) is 9.61. The first-order valence-corrected chi connectivity index (χ1v) is 8.85. The number of thiophene rings is 1. The van der Waals surface area contributed by atoms with Crippen molar-refractivity contribution in [2.75, 3.05) is 0 Å². The van der Waals surface area contributed by atoms with Crippen LogP contribution in [0.3, 0.4) is 0 Å². The molecule has 1 heterocycles. The van der Waals surface area contributed by atoms with Crippen molar-refractivity contribution in [3.8, 4) is 0 Å². The summed E-state index contributed by atoms with van der Waals surface area (Å²) in [5.41, 5.74) is 0.532. The Bertz CT molecular complexity index is 426. The fourth-order valence-corrected chi connectivity index (χ4v) is 3.76. The van der Waals surface area contributed by atoms with E-state index in [4.69, 9.17) is 4.74 Å². The van der Waals surface area contributed by atoms with Crippen LogP contribution in [0, 0.1) is 5.41 Å². The van der Waals surface area contributed by atoms with Gasteiger partial charge in [-0.25, -0.2) is 0 Å². The van der Waals surface area contributed by atoms with Crippen LogP contribution in [0.1, 0.15) is 62.1 Å². The van der Waals surface area contributed by atoms with Gasteiger partial charge in [0.1, 0.15) is 0 Å². The lowest BCUT2D eigenvalue weighted by atomic mass is 9.76. The lowest BCUT2D eigenvalue weighted by Crippen LogP contribution is -2.26. The second-order valence-corrected chi connectivity index (χ2v) is 8.45. The highest BCUT2D eigenvalue weighted by molar-refractivity contribution is 7.11. The van der Waals surface area contributed by atoms with Crippen molar-refractivity contribution in [2.24, 2.45) is 5.41 Å². The molecule has 2 fully saturated rings. The van der Waals surface area contributed by atoms with Gasteiger partial charge in [0.05, 0.1) is 12.7 Å². The quantitative estimate of drug-likeness (QED) is 0.834. The van der Waals surface area contributed by atoms with Gasteiger partial charge in [-0.1, -0.05) is 13.8 Å². The summed E-state index contributed by atoms with van der Waals surface area (Å²) in [6.45, 7) is 6.59. The van der Waals surface area contributed by atoms with E-state index in [0.29, 0.717) is 11.5 Å². The van der Waals surface area contributed by atoms with Crippen LogP contribution in [0.2, 0.25) is 0 Å². The number of hydrogen-bond acceptors (Lipinski definition) is 3. The van der Waals surface area contributed by atoms with Crippen molar-refractivity contribution in [1.29, 1.82) is 0 Å². The maximum absolute atomic E-state index is 6.10. The van der Waals surface area contributed by atoms with Crippen molar-refractivity contribution >= 4 is 11.3 Å². The fraction of sp³-hybridized carbons (Fsp3) is 0.765. The van der Waals surface area contributed by atoms with Crippen molar-refractivity contribution in [2.45, 2.75) is 77.7 Å². The third-order valence-corrected chi connectivity index (χ3v) is 5.67. The van der Waals surface area contributed by atoms with E-state index in [0.717, 1.165) is 19.2 Å². The second kappa shape index (κ2) is 6.17. The van der Waals surface area contributed by atoms with Gasteiger partial charge in [-0.05, 0) is 56.1 Å². The predicted molar refractivity (Wildman–Crippen MR) is 85.0 cm³/mol. The summed E-state index contributed by atoms with van der Waals surface area (Å²) in [5, 5.41) is 3.57. The molecule has 0 unspecified atom stereocenters. The Labute approximate surface area is 126 Å². The van der Waals surface area contributed by atoms with Gasteiger partial charge in [0.25, 0.3) is 0 Å². The maximum atomic E-state index is 6.10. The van der Waals surface area contributed by atoms with Gasteiger partial charge < -0.3 is 10.1 Å². The molecule has 1 aromatic rings. The minimum atomic E-state index is 0.484. The molecular weight excluding hydrogens is 266 g/mol. The highest BCUT2D eigenvalue weighted by Gasteiger charge is 2.27. The first kappa shape index (κ1) is 14.6. The highest BCUT2D eigenvalue weighted by atomic mass is 32.1. The third-order valence-electron chi connectivity index (χ3n) is 4.61. The van der Waals surface area contributed by atoms with Crippen LogP contribution in [0.25, 0.3) is 0 Å². The largest absolute Gasteiger partial charge is 0.373 e. The summed E-state index contributed by atoms with van der Waals surface area (Å²) in [5.74, 6) is 0. The van der Waals surface area contributed by atoms with Crippen LogP contribution in [0.4, 0.5) is 0 Å². The molecule has 2 nitrogen and oxygen atoms in total. The molecule has 3 heteroatoms. The zero-order valence-electron chi connectivity index (χ0n) is 12.8. The topological polar surface area (TPSA) is 21.3 Å². The Morgan fingerprint density at radius 1 is 1.15 bits per heavy atom. The zero-order valence-corrected chi connectivity index (χ0v) is 13.6. The van der Waals surface area contributed by atoms with E-state index >= 15 is 0 Å². The van der Waals surface area contributed by atoms with Gasteiger partial charge in [-0.3, -0.25) is 0 Å². The lowest BCUT2D eigenvalue weighted by molar-refractivity contribution is -0.00448. The Morgan fingerprint density at radius 2 is 1.85 bits per heavy atom. The van der Waals surface area contributed by atoms with Crippen LogP contribution in [0.5, 0.6) is 0 Å². The monoisotopic (exact) mass is 293 g/mol. The van der Waals surface area contributed by atoms with E-state index < -0.39 is 0 Å². The molecule has 20 heavy (non-hydrogen) atoms. The smallest absolute Gasteiger partial charge is 0.0813 e. The van der Waals surface area contributed by atoms with Crippen LogP contribution < -0.4 is 5.32 Å². The van der Waals surface area contributed by atoms with E-state index in [1.807, 2.05) is 11.3 Å². The number of hydrogen-bond donors (Lipinski definition) is 1. The van der Waals surface area contributed by atoms with Gasteiger partial charge in [-0.15, -0.1) is 11.3 Å². The minimum absolute atomic E-state index is 0.484. The van der Waals surface area contributed by atoms with Crippen molar-refractivity contribution < 1.29 is 4.74 Å². The Morgan fingerprint density at radius 3 is 2.55 bits per heavy atom. The molecule has 1 N–H and O–H groups in total. The summed E-state index contributed by atoms with van der Waals surface area (Å²) < 4.78 is 6.10. The SMILES string of the molecule is CC1(C)CCC(OCc2ccc(CNC3CC3)s2)CC1. The lowest BCUT2D eigenvalue weighted by Gasteiger charge is -2.34. The summed E-state index contributed by atoms with van der Waals surface area (Å²) in [6, 6.07) is 5.28. The molecule has 2 aliphatic rings. The molecule has 0 amide bonds. The highest BCUT2D eigenvalue weighted by Crippen LogP contribution is 2.36. The summed E-state index contributed by atoms with van der Waals surface area (Å²) in [4.78, 5) is 2.82. The number of nitrogens with one attached hydrogen (secondary N) is 1. The maximum Gasteiger partial charge on any atom is 0.0813 e. The predicted octanol–water partition coefficient (Wildman–Crippen LogP) is 4.49. The first-order valence-electron chi connectivity index (χ1n) is 8.03. The number of ether oxygens (including phenoxy) is 1. The normalized spacial score (nSPS) is 23.1. The molecule has 1 aromatic heterocycles. The average Bonchev–Trinajstić information content (AvgIpc) is 3.14. The summed E-state index contributed by atoms with van der Waals surface area (Å²) in [6.07, 6.45) is 8.28. The molecule has 2 saturated carbocycles. The molecule has 0 spiro atoms. The molecule has 0 bridgehead atoms. The van der Waals surface area contributed by atoms with E-state index in [9.17, 15) is 0 Å². The molecule has 3 rings (SSSR count). The van der Waals surface area contributed by atoms with Crippen LogP contribution >= 0.6 is 11.3 Å². The minimum Gasteiger partial charge on any atom is -0.373 e. The Kier molecular flexibility index (Phi) is 4.49. The Hall–Kier alpha value is -0.380. The van der Waals surface area contributed by atoms with Gasteiger partial charge >= 0.3 is 0 Å². The van der Waals surface area contributed by atoms with Gasteiger partial charge in [-0.2, -0.15) is 0 Å². The van der Waals surface area contributed by atoms with Crippen LogP contribution in [-0.4, -0.2) is 12.1 Å². The third kappa shape index (κ3) is 4.31. The van der Waals surface area contributed by atoms with E-state index in [1.54, 1.807) is 0 Å². The molecule has 0 radical (unpaired) electrons. The van der Waals surface area contributed by atoms with Crippen molar-refractivity contribution in [1.82, 2.24) is 5.32 Å². The van der Waals surface area contributed by atoms with Gasteiger partial charge in [0.15, 0.2) is 0 Å². The second-order valence-electron chi connectivity index (χ2n) is 7.20. The molecule has 2 aliphatic carbocycles. The van der Waals surface area contributed by atoms with Crippen molar-refractivity contribution in [3.63, 3.8) is 0 Å². The molecule has 0 saturated heterocycles. The standard InChI is InChI=1S/C17H27NOS/c1-17(2)9-7-14(8-10-17)19-12-16-6-5-15(20-16)11-18-13-3-4-13/h5-6,13-14,18H,3-4,7-12H2,1-2H3. The van der Waals surface area contributed by atoms with E-state index in [2.05, 4.69) is 31.3 Å². The number of rotatable bonds is 6. The zero-order chi connectivity index (χ0) is 14.0. The van der Waals surface area contributed by atoms with Crippen LogP contribution in [0.15, 0.2) is 12.1 Å². The van der Waals surface area contributed by atoms with E-state index in [1.165, 1.54) is 48.3 Å². The van der Waals surface area contributed by atoms with Crippen molar-refractivity contribution in [3.05, 3.63) is 21.9 Å². The van der Waals surface area contributed by atoms with Crippen LogP contribution in [-0.2, 0) is 17.9 Å². The molecule has 0 atom stereocenters. The molecule has 0 aliphatic heterocycles. The van der Waals surface area contributed by atoms with Gasteiger partial charge in [0.2, 0.25) is 0 Å². The average molecular weight is 293 g/mol. The molecule has 0 aromatic carbocycles. The molecule has 112 valence electrons. The van der Waals surface area contributed by atoms with Gasteiger partial charge in [0, 0.05) is 22.3 Å². The fourth-order valence-electron chi connectivity index (χ4n) is 2.87. The summed E-state index contributed by atoms with van der Waals surface area (Å²) in [7, 11) is 0.